The summed E-state index contributed by atoms with van der Waals surface area (Å²) in [7, 11) is 0. The maximum atomic E-state index is 12.9. The van der Waals surface area contributed by atoms with E-state index in [1.165, 1.54) is 12.1 Å². The molecule has 1 amide bonds. The summed E-state index contributed by atoms with van der Waals surface area (Å²) in [6, 6.07) is 23.7. The van der Waals surface area contributed by atoms with Crippen molar-refractivity contribution >= 4 is 11.6 Å². The summed E-state index contributed by atoms with van der Waals surface area (Å²) in [5, 5.41) is 24.2. The number of aliphatic hydroxyl groups is 1. The van der Waals surface area contributed by atoms with Crippen molar-refractivity contribution in [3.05, 3.63) is 96.1 Å². The summed E-state index contributed by atoms with van der Waals surface area (Å²) in [6.07, 6.45) is 0. The smallest absolute Gasteiger partial charge is 0.265 e. The third kappa shape index (κ3) is 2.87. The van der Waals surface area contributed by atoms with Crippen molar-refractivity contribution in [2.75, 3.05) is 5.32 Å². The molecule has 24 heavy (non-hydrogen) atoms. The Morgan fingerprint density at radius 2 is 1.33 bits per heavy atom. The molecule has 4 nitrogen and oxygen atoms in total. The van der Waals surface area contributed by atoms with Gasteiger partial charge >= 0.3 is 0 Å². The van der Waals surface area contributed by atoms with Crippen LogP contribution in [-0.4, -0.2) is 16.1 Å². The van der Waals surface area contributed by atoms with Crippen molar-refractivity contribution in [2.24, 2.45) is 0 Å². The number of hydrogen-bond acceptors (Lipinski definition) is 3. The zero-order chi connectivity index (χ0) is 17.0. The Morgan fingerprint density at radius 3 is 1.96 bits per heavy atom. The van der Waals surface area contributed by atoms with Gasteiger partial charge in [0, 0.05) is 11.3 Å². The normalized spacial score (nSPS) is 13.0. The molecule has 120 valence electrons. The SMILES string of the molecule is O=C(Nc1ccccc1)C(O)(c1ccccc1)c1ccccc1O. The van der Waals surface area contributed by atoms with Gasteiger partial charge in [-0.1, -0.05) is 66.7 Å². The number of carbonyl (C=O) groups excluding carboxylic acids is 1. The molecule has 0 aliphatic heterocycles. The molecule has 0 bridgehead atoms. The Labute approximate surface area is 140 Å². The van der Waals surface area contributed by atoms with Crippen molar-refractivity contribution < 1.29 is 15.0 Å². The zero-order valence-electron chi connectivity index (χ0n) is 12.9. The van der Waals surface area contributed by atoms with E-state index in [9.17, 15) is 15.0 Å². The van der Waals surface area contributed by atoms with Crippen LogP contribution >= 0.6 is 0 Å². The topological polar surface area (TPSA) is 69.6 Å². The van der Waals surface area contributed by atoms with Gasteiger partial charge in [-0.05, 0) is 23.8 Å². The molecular weight excluding hydrogens is 302 g/mol. The van der Waals surface area contributed by atoms with Crippen LogP contribution in [0.5, 0.6) is 5.75 Å². The number of benzene rings is 3. The van der Waals surface area contributed by atoms with E-state index in [-0.39, 0.29) is 11.3 Å². The number of aromatic hydroxyl groups is 1. The maximum absolute atomic E-state index is 12.9. The Balaban J connectivity index is 2.09. The second-order valence-corrected chi connectivity index (χ2v) is 5.41. The first-order chi connectivity index (χ1) is 11.6. The molecule has 0 fully saturated rings. The lowest BCUT2D eigenvalue weighted by Crippen LogP contribution is -2.41. The third-order valence-corrected chi connectivity index (χ3v) is 3.85. The summed E-state index contributed by atoms with van der Waals surface area (Å²) in [5.74, 6) is -0.784. The second-order valence-electron chi connectivity index (χ2n) is 5.41. The highest BCUT2D eigenvalue weighted by Crippen LogP contribution is 2.36. The van der Waals surface area contributed by atoms with Crippen molar-refractivity contribution in [2.45, 2.75) is 5.60 Å². The fraction of sp³-hybridized carbons (Fsp3) is 0.0500. The molecule has 0 spiro atoms. The largest absolute Gasteiger partial charge is 0.508 e. The van der Waals surface area contributed by atoms with E-state index in [0.29, 0.717) is 11.3 Å². The number of amides is 1. The lowest BCUT2D eigenvalue weighted by atomic mass is 9.84. The van der Waals surface area contributed by atoms with Crippen LogP contribution < -0.4 is 5.32 Å². The first-order valence-electron chi connectivity index (χ1n) is 7.55. The molecule has 0 saturated carbocycles. The predicted octanol–water partition coefficient (Wildman–Crippen LogP) is 3.27. The number of para-hydroxylation sites is 2. The minimum Gasteiger partial charge on any atom is -0.508 e. The Hall–Kier alpha value is -3.11. The molecule has 0 aliphatic carbocycles. The van der Waals surface area contributed by atoms with E-state index in [2.05, 4.69) is 5.32 Å². The number of hydrogen-bond donors (Lipinski definition) is 3. The predicted molar refractivity (Wildman–Crippen MR) is 92.6 cm³/mol. The van der Waals surface area contributed by atoms with E-state index >= 15 is 0 Å². The van der Waals surface area contributed by atoms with Gasteiger partial charge < -0.3 is 15.5 Å². The van der Waals surface area contributed by atoms with Crippen molar-refractivity contribution in [1.82, 2.24) is 0 Å². The molecule has 3 rings (SSSR count). The summed E-state index contributed by atoms with van der Waals surface area (Å²) in [5.41, 5.74) is -0.945. The molecule has 0 aliphatic rings. The van der Waals surface area contributed by atoms with Gasteiger partial charge in [0.1, 0.15) is 5.75 Å². The summed E-state index contributed by atoms with van der Waals surface area (Å²) >= 11 is 0. The number of carbonyl (C=O) groups is 1. The molecule has 1 atom stereocenters. The fourth-order valence-corrected chi connectivity index (χ4v) is 2.61. The van der Waals surface area contributed by atoms with Crippen LogP contribution in [0.3, 0.4) is 0 Å². The van der Waals surface area contributed by atoms with Gasteiger partial charge in [0.15, 0.2) is 5.60 Å². The van der Waals surface area contributed by atoms with E-state index in [0.717, 1.165) is 0 Å². The monoisotopic (exact) mass is 319 g/mol. The van der Waals surface area contributed by atoms with Gasteiger partial charge in [-0.2, -0.15) is 0 Å². The van der Waals surface area contributed by atoms with E-state index in [4.69, 9.17) is 0 Å². The Kier molecular flexibility index (Phi) is 4.31. The molecule has 3 N–H and O–H groups in total. The lowest BCUT2D eigenvalue weighted by Gasteiger charge is -2.28. The summed E-state index contributed by atoms with van der Waals surface area (Å²) < 4.78 is 0. The minimum atomic E-state index is -2.01. The Bertz CT molecular complexity index is 834. The summed E-state index contributed by atoms with van der Waals surface area (Å²) in [6.45, 7) is 0. The third-order valence-electron chi connectivity index (χ3n) is 3.85. The fourth-order valence-electron chi connectivity index (χ4n) is 2.61. The van der Waals surface area contributed by atoms with Crippen LogP contribution in [-0.2, 0) is 10.4 Å². The lowest BCUT2D eigenvalue weighted by molar-refractivity contribution is -0.131. The summed E-state index contributed by atoms with van der Waals surface area (Å²) in [4.78, 5) is 12.9. The van der Waals surface area contributed by atoms with Crippen LogP contribution in [0.25, 0.3) is 0 Å². The van der Waals surface area contributed by atoms with Gasteiger partial charge in [-0.15, -0.1) is 0 Å². The Morgan fingerprint density at radius 1 is 0.792 bits per heavy atom. The van der Waals surface area contributed by atoms with Gasteiger partial charge in [0.25, 0.3) is 5.91 Å². The molecule has 3 aromatic rings. The van der Waals surface area contributed by atoms with Gasteiger partial charge in [-0.25, -0.2) is 0 Å². The number of phenols is 1. The van der Waals surface area contributed by atoms with Crippen LogP contribution in [0.4, 0.5) is 5.69 Å². The van der Waals surface area contributed by atoms with Crippen LogP contribution in [0.1, 0.15) is 11.1 Å². The maximum Gasteiger partial charge on any atom is 0.265 e. The van der Waals surface area contributed by atoms with E-state index in [1.807, 2.05) is 6.07 Å². The van der Waals surface area contributed by atoms with Gasteiger partial charge in [-0.3, -0.25) is 4.79 Å². The standard InChI is InChI=1S/C20H17NO3/c22-18-14-8-7-13-17(18)20(24,15-9-3-1-4-10-15)19(23)21-16-11-5-2-6-12-16/h1-14,22,24H,(H,21,23). The quantitative estimate of drug-likeness (QED) is 0.691. The number of rotatable bonds is 4. The molecule has 3 aromatic carbocycles. The zero-order valence-corrected chi connectivity index (χ0v) is 12.9. The van der Waals surface area contributed by atoms with Gasteiger partial charge in [0.2, 0.25) is 0 Å². The van der Waals surface area contributed by atoms with Crippen LogP contribution in [0.2, 0.25) is 0 Å². The van der Waals surface area contributed by atoms with Crippen molar-refractivity contribution in [3.8, 4) is 5.75 Å². The van der Waals surface area contributed by atoms with Gasteiger partial charge in [0.05, 0.1) is 0 Å². The number of anilines is 1. The highest BCUT2D eigenvalue weighted by molar-refractivity contribution is 6.00. The molecule has 1 unspecified atom stereocenters. The van der Waals surface area contributed by atoms with Crippen molar-refractivity contribution in [1.29, 1.82) is 0 Å². The highest BCUT2D eigenvalue weighted by atomic mass is 16.3. The molecule has 0 saturated heterocycles. The minimum absolute atomic E-state index is 0.129. The van der Waals surface area contributed by atoms with E-state index in [1.54, 1.807) is 66.7 Å². The average Bonchev–Trinajstić information content (AvgIpc) is 2.63. The first kappa shape index (κ1) is 15.8. The number of nitrogens with one attached hydrogen (secondary N) is 1. The molecule has 0 heterocycles. The first-order valence-corrected chi connectivity index (χ1v) is 7.55. The van der Waals surface area contributed by atoms with Crippen molar-refractivity contribution in [3.63, 3.8) is 0 Å². The second kappa shape index (κ2) is 6.56. The molecule has 0 aromatic heterocycles. The molecular formula is C20H17NO3. The average molecular weight is 319 g/mol. The van der Waals surface area contributed by atoms with Crippen LogP contribution in [0, 0.1) is 0 Å². The highest BCUT2D eigenvalue weighted by Gasteiger charge is 2.41. The number of phenolic OH excluding ortho intramolecular Hbond substituents is 1. The van der Waals surface area contributed by atoms with E-state index < -0.39 is 11.5 Å². The molecule has 0 radical (unpaired) electrons. The molecule has 4 heteroatoms. The van der Waals surface area contributed by atoms with Crippen LogP contribution in [0.15, 0.2) is 84.9 Å².